The summed E-state index contributed by atoms with van der Waals surface area (Å²) in [4.78, 5) is 4.49. The summed E-state index contributed by atoms with van der Waals surface area (Å²) in [5.41, 5.74) is 0. The van der Waals surface area contributed by atoms with Gasteiger partial charge in [-0.15, -0.1) is 11.8 Å². The van der Waals surface area contributed by atoms with Gasteiger partial charge in [0.15, 0.2) is 0 Å². The summed E-state index contributed by atoms with van der Waals surface area (Å²) in [6.45, 7) is 1.34. The van der Waals surface area contributed by atoms with Crippen LogP contribution in [0.1, 0.15) is 25.7 Å². The van der Waals surface area contributed by atoms with Crippen molar-refractivity contribution in [3.63, 3.8) is 0 Å². The number of thioether (sulfide) groups is 1. The van der Waals surface area contributed by atoms with Crippen molar-refractivity contribution in [2.75, 3.05) is 25.4 Å². The van der Waals surface area contributed by atoms with Crippen LogP contribution in [-0.2, 0) is 10.0 Å². The summed E-state index contributed by atoms with van der Waals surface area (Å²) in [5.74, 6) is 1.13. The summed E-state index contributed by atoms with van der Waals surface area (Å²) in [5, 5.41) is 10.8. The first kappa shape index (κ1) is 21.1. The van der Waals surface area contributed by atoms with Crippen molar-refractivity contribution in [3.05, 3.63) is 48.7 Å². The first-order valence-corrected chi connectivity index (χ1v) is 11.9. The molecule has 0 bridgehead atoms. The van der Waals surface area contributed by atoms with Crippen LogP contribution in [-0.4, -0.2) is 54.4 Å². The minimum Gasteiger partial charge on any atom is -0.491 e. The lowest BCUT2D eigenvalue weighted by atomic mass is 10.2. The Hall–Kier alpha value is -1.61. The Bertz CT molecular complexity index is 821. The van der Waals surface area contributed by atoms with E-state index in [1.165, 1.54) is 18.0 Å². The van der Waals surface area contributed by atoms with Crippen LogP contribution >= 0.6 is 11.8 Å². The highest BCUT2D eigenvalue weighted by atomic mass is 32.2. The van der Waals surface area contributed by atoms with Crippen LogP contribution < -0.4 is 4.74 Å². The second-order valence-electron chi connectivity index (χ2n) is 6.74. The van der Waals surface area contributed by atoms with Gasteiger partial charge in [0.25, 0.3) is 0 Å². The van der Waals surface area contributed by atoms with Crippen LogP contribution in [0.2, 0.25) is 0 Å². The second-order valence-corrected chi connectivity index (χ2v) is 9.72. The van der Waals surface area contributed by atoms with E-state index < -0.39 is 16.1 Å². The van der Waals surface area contributed by atoms with Gasteiger partial charge >= 0.3 is 0 Å². The van der Waals surface area contributed by atoms with Crippen LogP contribution in [0, 0.1) is 0 Å². The zero-order valence-corrected chi connectivity index (χ0v) is 17.4. The number of rotatable bonds is 8. The molecule has 0 aliphatic carbocycles. The largest absolute Gasteiger partial charge is 0.491 e. The molecule has 0 saturated carbocycles. The van der Waals surface area contributed by atoms with Gasteiger partial charge in [0.05, 0.1) is 11.1 Å². The monoisotopic (exact) mass is 422 g/mol. The van der Waals surface area contributed by atoms with Crippen molar-refractivity contribution in [3.8, 4) is 5.75 Å². The van der Waals surface area contributed by atoms with Gasteiger partial charge in [-0.2, -0.15) is 4.31 Å². The molecule has 1 fully saturated rings. The third-order valence-corrected chi connectivity index (χ3v) is 7.49. The molecule has 0 unspecified atom stereocenters. The Morgan fingerprint density at radius 1 is 1.07 bits per heavy atom. The average Bonchev–Trinajstić information content (AvgIpc) is 3.02. The molecular weight excluding hydrogens is 396 g/mol. The van der Waals surface area contributed by atoms with E-state index in [2.05, 4.69) is 4.98 Å². The van der Waals surface area contributed by atoms with Gasteiger partial charge in [-0.25, -0.2) is 13.4 Å². The fourth-order valence-corrected chi connectivity index (χ4v) is 5.19. The molecule has 0 amide bonds. The molecule has 1 N–H and O–H groups in total. The molecule has 8 heteroatoms. The summed E-state index contributed by atoms with van der Waals surface area (Å²) >= 11 is 1.37. The first-order chi connectivity index (χ1) is 13.6. The van der Waals surface area contributed by atoms with Crippen molar-refractivity contribution in [1.29, 1.82) is 0 Å². The van der Waals surface area contributed by atoms with E-state index in [1.54, 1.807) is 16.4 Å². The molecule has 1 aromatic heterocycles. The molecule has 1 aliphatic rings. The number of ether oxygens (including phenoxy) is 1. The van der Waals surface area contributed by atoms with Crippen molar-refractivity contribution < 1.29 is 18.3 Å². The second kappa shape index (κ2) is 10.2. The number of pyridine rings is 1. The van der Waals surface area contributed by atoms with Gasteiger partial charge in [0.2, 0.25) is 10.0 Å². The normalized spacial score (nSPS) is 17.0. The third kappa shape index (κ3) is 5.94. The number of nitrogens with zero attached hydrogens (tertiary/aromatic N) is 2. The van der Waals surface area contributed by atoms with E-state index in [4.69, 9.17) is 4.74 Å². The van der Waals surface area contributed by atoms with Gasteiger partial charge in [0, 0.05) is 25.0 Å². The zero-order valence-electron chi connectivity index (χ0n) is 15.7. The fourth-order valence-electron chi connectivity index (χ4n) is 2.97. The van der Waals surface area contributed by atoms with Crippen LogP contribution in [0.5, 0.6) is 5.75 Å². The average molecular weight is 423 g/mol. The molecule has 3 rings (SSSR count). The topological polar surface area (TPSA) is 79.7 Å². The van der Waals surface area contributed by atoms with Gasteiger partial charge < -0.3 is 9.84 Å². The van der Waals surface area contributed by atoms with E-state index in [0.717, 1.165) is 25.7 Å². The smallest absolute Gasteiger partial charge is 0.244 e. The molecule has 6 nitrogen and oxygen atoms in total. The predicted molar refractivity (Wildman–Crippen MR) is 110 cm³/mol. The number of aliphatic hydroxyl groups is 1. The maximum absolute atomic E-state index is 12.8. The number of sulfonamides is 1. The molecule has 2 aromatic rings. The Morgan fingerprint density at radius 2 is 1.79 bits per heavy atom. The lowest BCUT2D eigenvalue weighted by Crippen LogP contribution is -2.32. The van der Waals surface area contributed by atoms with Crippen molar-refractivity contribution in [1.82, 2.24) is 9.29 Å². The highest BCUT2D eigenvalue weighted by molar-refractivity contribution is 7.99. The number of para-hydroxylation sites is 1. The maximum atomic E-state index is 12.8. The number of aromatic nitrogens is 1. The van der Waals surface area contributed by atoms with Gasteiger partial charge in [-0.1, -0.05) is 31.0 Å². The predicted octanol–water partition coefficient (Wildman–Crippen LogP) is 3.18. The quantitative estimate of drug-likeness (QED) is 0.658. The molecular formula is C20H26N2O4S2. The maximum Gasteiger partial charge on any atom is 0.244 e. The molecule has 1 atom stereocenters. The first-order valence-electron chi connectivity index (χ1n) is 9.50. The van der Waals surface area contributed by atoms with Crippen molar-refractivity contribution in [2.45, 2.75) is 41.7 Å². The van der Waals surface area contributed by atoms with Gasteiger partial charge in [-0.05, 0) is 37.1 Å². The Balaban J connectivity index is 1.51. The number of hydrogen-bond donors (Lipinski definition) is 1. The summed E-state index contributed by atoms with van der Waals surface area (Å²) in [7, 11) is -3.48. The Labute approximate surface area is 171 Å². The zero-order chi connectivity index (χ0) is 19.8. The SMILES string of the molecule is O=S(=O)(c1ccc(SC[C@@H](O)COc2ccccc2)nc1)N1CCCCCC1. The molecule has 1 aromatic carbocycles. The summed E-state index contributed by atoms with van der Waals surface area (Å²) in [6.07, 6.45) is 4.74. The molecule has 0 radical (unpaired) electrons. The Morgan fingerprint density at radius 3 is 2.43 bits per heavy atom. The van der Waals surface area contributed by atoms with Gasteiger partial charge in [0.1, 0.15) is 17.3 Å². The minimum absolute atomic E-state index is 0.193. The van der Waals surface area contributed by atoms with Crippen LogP contribution in [0.3, 0.4) is 0 Å². The standard InChI is InChI=1S/C20H26N2O4S2/c23-17(15-26-18-8-4-3-5-9-18)16-27-20-11-10-19(14-21-20)28(24,25)22-12-6-1-2-7-13-22/h3-5,8-11,14,17,23H,1-2,6-7,12-13,15-16H2/t17-/m0/s1. The lowest BCUT2D eigenvalue weighted by Gasteiger charge is -2.19. The van der Waals surface area contributed by atoms with Gasteiger partial charge in [-0.3, -0.25) is 0 Å². The fraction of sp³-hybridized carbons (Fsp3) is 0.450. The van der Waals surface area contributed by atoms with Crippen molar-refractivity contribution in [2.24, 2.45) is 0 Å². The van der Waals surface area contributed by atoms with Crippen LogP contribution in [0.4, 0.5) is 0 Å². The summed E-state index contributed by atoms with van der Waals surface area (Å²) < 4.78 is 32.6. The highest BCUT2D eigenvalue weighted by Crippen LogP contribution is 2.22. The van der Waals surface area contributed by atoms with E-state index >= 15 is 0 Å². The van der Waals surface area contributed by atoms with E-state index in [9.17, 15) is 13.5 Å². The lowest BCUT2D eigenvalue weighted by molar-refractivity contribution is 0.126. The molecule has 1 saturated heterocycles. The summed E-state index contributed by atoms with van der Waals surface area (Å²) in [6, 6.07) is 12.6. The highest BCUT2D eigenvalue weighted by Gasteiger charge is 2.25. The third-order valence-electron chi connectivity index (χ3n) is 4.52. The van der Waals surface area contributed by atoms with E-state index in [0.29, 0.717) is 29.6 Å². The molecule has 0 spiro atoms. The minimum atomic E-state index is -3.48. The van der Waals surface area contributed by atoms with Crippen LogP contribution in [0.15, 0.2) is 58.6 Å². The van der Waals surface area contributed by atoms with E-state index in [1.807, 2.05) is 30.3 Å². The van der Waals surface area contributed by atoms with Crippen LogP contribution in [0.25, 0.3) is 0 Å². The number of benzene rings is 1. The molecule has 2 heterocycles. The number of aliphatic hydroxyl groups excluding tert-OH is 1. The molecule has 152 valence electrons. The van der Waals surface area contributed by atoms with Crippen molar-refractivity contribution >= 4 is 21.8 Å². The molecule has 1 aliphatic heterocycles. The Kier molecular flexibility index (Phi) is 7.73. The number of hydrogen-bond acceptors (Lipinski definition) is 6. The van der Waals surface area contributed by atoms with E-state index in [-0.39, 0.29) is 11.5 Å². The molecule has 28 heavy (non-hydrogen) atoms.